The number of nitrogens with one attached hydrogen (secondary N) is 2. The van der Waals surface area contributed by atoms with Gasteiger partial charge in [0.05, 0.1) is 5.52 Å². The molecule has 17 heavy (non-hydrogen) atoms. The fourth-order valence-electron chi connectivity index (χ4n) is 2.04. The molecule has 1 aromatic carbocycles. The summed E-state index contributed by atoms with van der Waals surface area (Å²) in [7, 11) is 1.89. The van der Waals surface area contributed by atoms with Gasteiger partial charge in [-0.25, -0.2) is 0 Å². The zero-order chi connectivity index (χ0) is 12.4. The SMILES string of the molecule is CNCCc1c(C)c2cccc(Br)c2[nH]c1=O. The molecule has 0 aliphatic carbocycles. The second kappa shape index (κ2) is 5.02. The van der Waals surface area contributed by atoms with E-state index in [0.29, 0.717) is 0 Å². The summed E-state index contributed by atoms with van der Waals surface area (Å²) in [4.78, 5) is 15.0. The minimum atomic E-state index is 0.0113. The zero-order valence-corrected chi connectivity index (χ0v) is 11.5. The van der Waals surface area contributed by atoms with Crippen LogP contribution in [0.2, 0.25) is 0 Å². The van der Waals surface area contributed by atoms with Crippen molar-refractivity contribution in [1.82, 2.24) is 10.3 Å². The van der Waals surface area contributed by atoms with E-state index in [9.17, 15) is 4.79 Å². The number of para-hydroxylation sites is 1. The van der Waals surface area contributed by atoms with Crippen LogP contribution in [0.5, 0.6) is 0 Å². The number of aryl methyl sites for hydroxylation is 1. The van der Waals surface area contributed by atoms with Crippen molar-refractivity contribution in [3.63, 3.8) is 0 Å². The maximum atomic E-state index is 12.0. The first-order valence-electron chi connectivity index (χ1n) is 5.59. The van der Waals surface area contributed by atoms with Crippen molar-refractivity contribution in [1.29, 1.82) is 0 Å². The molecule has 2 aromatic rings. The molecule has 0 fully saturated rings. The molecule has 0 atom stereocenters. The maximum absolute atomic E-state index is 12.0. The molecular weight excluding hydrogens is 280 g/mol. The third-order valence-electron chi connectivity index (χ3n) is 3.01. The van der Waals surface area contributed by atoms with Gasteiger partial charge >= 0.3 is 0 Å². The van der Waals surface area contributed by atoms with Crippen LogP contribution in [0.4, 0.5) is 0 Å². The van der Waals surface area contributed by atoms with Crippen LogP contribution in [-0.2, 0) is 6.42 Å². The Morgan fingerprint density at radius 2 is 2.18 bits per heavy atom. The number of hydrogen-bond donors (Lipinski definition) is 2. The van der Waals surface area contributed by atoms with Crippen LogP contribution in [0.25, 0.3) is 10.9 Å². The molecule has 0 bridgehead atoms. The van der Waals surface area contributed by atoms with Crippen LogP contribution in [0.15, 0.2) is 27.5 Å². The Labute approximate surface area is 108 Å². The average Bonchev–Trinajstić information content (AvgIpc) is 2.31. The van der Waals surface area contributed by atoms with Crippen LogP contribution < -0.4 is 10.9 Å². The molecule has 0 aliphatic heterocycles. The minimum absolute atomic E-state index is 0.0113. The van der Waals surface area contributed by atoms with Gasteiger partial charge in [-0.2, -0.15) is 0 Å². The van der Waals surface area contributed by atoms with E-state index < -0.39 is 0 Å². The molecule has 0 unspecified atom stereocenters. The van der Waals surface area contributed by atoms with E-state index in [1.54, 1.807) is 0 Å². The van der Waals surface area contributed by atoms with Gasteiger partial charge in [-0.3, -0.25) is 4.79 Å². The molecule has 1 heterocycles. The number of aromatic amines is 1. The molecule has 0 aliphatic rings. The van der Waals surface area contributed by atoms with Gasteiger partial charge in [0.15, 0.2) is 0 Å². The fraction of sp³-hybridized carbons (Fsp3) is 0.308. The molecule has 2 rings (SSSR count). The van der Waals surface area contributed by atoms with Crippen LogP contribution >= 0.6 is 15.9 Å². The van der Waals surface area contributed by atoms with Gasteiger partial charge in [-0.05, 0) is 54.5 Å². The summed E-state index contributed by atoms with van der Waals surface area (Å²) >= 11 is 3.46. The van der Waals surface area contributed by atoms with Gasteiger partial charge in [0.2, 0.25) is 0 Å². The average molecular weight is 295 g/mol. The summed E-state index contributed by atoms with van der Waals surface area (Å²) in [6, 6.07) is 5.96. The van der Waals surface area contributed by atoms with Gasteiger partial charge in [0.25, 0.3) is 5.56 Å². The van der Waals surface area contributed by atoms with Gasteiger partial charge in [0.1, 0.15) is 0 Å². The maximum Gasteiger partial charge on any atom is 0.251 e. The largest absolute Gasteiger partial charge is 0.321 e. The predicted octanol–water partition coefficient (Wildman–Crippen LogP) is 2.36. The molecule has 0 spiro atoms. The van der Waals surface area contributed by atoms with Crippen molar-refractivity contribution < 1.29 is 0 Å². The van der Waals surface area contributed by atoms with E-state index >= 15 is 0 Å². The first-order valence-corrected chi connectivity index (χ1v) is 6.39. The third-order valence-corrected chi connectivity index (χ3v) is 3.67. The van der Waals surface area contributed by atoms with E-state index in [1.807, 2.05) is 32.2 Å². The highest BCUT2D eigenvalue weighted by atomic mass is 79.9. The molecule has 0 saturated carbocycles. The third kappa shape index (κ3) is 2.28. The van der Waals surface area contributed by atoms with Crippen LogP contribution in [0.3, 0.4) is 0 Å². The second-order valence-electron chi connectivity index (χ2n) is 4.07. The summed E-state index contributed by atoms with van der Waals surface area (Å²) < 4.78 is 0.926. The Morgan fingerprint density at radius 1 is 1.41 bits per heavy atom. The molecule has 2 N–H and O–H groups in total. The highest BCUT2D eigenvalue weighted by Crippen LogP contribution is 2.24. The van der Waals surface area contributed by atoms with E-state index in [2.05, 4.69) is 26.2 Å². The number of pyridine rings is 1. The van der Waals surface area contributed by atoms with Crippen molar-refractivity contribution in [3.05, 3.63) is 44.2 Å². The normalized spacial score (nSPS) is 11.0. The summed E-state index contributed by atoms with van der Waals surface area (Å²) in [6.45, 7) is 2.82. The number of hydrogen-bond acceptors (Lipinski definition) is 2. The lowest BCUT2D eigenvalue weighted by atomic mass is 10.0. The number of H-pyrrole nitrogens is 1. The molecule has 0 saturated heterocycles. The lowest BCUT2D eigenvalue weighted by Gasteiger charge is -2.09. The van der Waals surface area contributed by atoms with Crippen molar-refractivity contribution in [2.75, 3.05) is 13.6 Å². The second-order valence-corrected chi connectivity index (χ2v) is 4.93. The molecule has 3 nitrogen and oxygen atoms in total. The number of halogens is 1. The zero-order valence-electron chi connectivity index (χ0n) is 9.93. The van der Waals surface area contributed by atoms with Crippen molar-refractivity contribution in [2.45, 2.75) is 13.3 Å². The Bertz CT molecular complexity index is 604. The van der Waals surface area contributed by atoms with Crippen LogP contribution in [-0.4, -0.2) is 18.6 Å². The number of aromatic nitrogens is 1. The van der Waals surface area contributed by atoms with Crippen molar-refractivity contribution in [3.8, 4) is 0 Å². The smallest absolute Gasteiger partial charge is 0.251 e. The Morgan fingerprint density at radius 3 is 2.88 bits per heavy atom. The predicted molar refractivity (Wildman–Crippen MR) is 74.6 cm³/mol. The van der Waals surface area contributed by atoms with Gasteiger partial charge in [0, 0.05) is 15.4 Å². The van der Waals surface area contributed by atoms with E-state index in [-0.39, 0.29) is 5.56 Å². The Hall–Kier alpha value is -1.13. The summed E-state index contributed by atoms with van der Waals surface area (Å²) in [5, 5.41) is 4.17. The van der Waals surface area contributed by atoms with E-state index in [0.717, 1.165) is 39.5 Å². The topological polar surface area (TPSA) is 44.9 Å². The van der Waals surface area contributed by atoms with Crippen molar-refractivity contribution >= 4 is 26.8 Å². The minimum Gasteiger partial charge on any atom is -0.321 e. The van der Waals surface area contributed by atoms with Gasteiger partial charge < -0.3 is 10.3 Å². The highest BCUT2D eigenvalue weighted by Gasteiger charge is 2.09. The molecule has 1 aromatic heterocycles. The molecule has 0 radical (unpaired) electrons. The molecule has 90 valence electrons. The first-order chi connectivity index (χ1) is 8.15. The quantitative estimate of drug-likeness (QED) is 0.913. The first kappa shape index (κ1) is 12.3. The monoisotopic (exact) mass is 294 g/mol. The molecule has 4 heteroatoms. The highest BCUT2D eigenvalue weighted by molar-refractivity contribution is 9.10. The number of likely N-dealkylation sites (N-methyl/N-ethyl adjacent to an activating group) is 1. The standard InChI is InChI=1S/C13H15BrN2O/c1-8-9-4-3-5-11(14)12(9)16-13(17)10(8)6-7-15-2/h3-5,15H,6-7H2,1-2H3,(H,16,17). The van der Waals surface area contributed by atoms with Crippen LogP contribution in [0.1, 0.15) is 11.1 Å². The fourth-order valence-corrected chi connectivity index (χ4v) is 2.50. The molecular formula is C13H15BrN2O. The van der Waals surface area contributed by atoms with Crippen LogP contribution in [0, 0.1) is 6.92 Å². The lowest BCUT2D eigenvalue weighted by molar-refractivity contribution is 0.783. The number of benzene rings is 1. The summed E-state index contributed by atoms with van der Waals surface area (Å²) in [5.74, 6) is 0. The number of fused-ring (bicyclic) bond motifs is 1. The van der Waals surface area contributed by atoms with Crippen molar-refractivity contribution in [2.24, 2.45) is 0 Å². The van der Waals surface area contributed by atoms with E-state index in [4.69, 9.17) is 0 Å². The Balaban J connectivity index is 2.68. The Kier molecular flexibility index (Phi) is 3.64. The summed E-state index contributed by atoms with van der Waals surface area (Å²) in [5.41, 5.74) is 2.82. The molecule has 0 amide bonds. The van der Waals surface area contributed by atoms with Gasteiger partial charge in [-0.1, -0.05) is 12.1 Å². The summed E-state index contributed by atoms with van der Waals surface area (Å²) in [6.07, 6.45) is 0.750. The number of rotatable bonds is 3. The van der Waals surface area contributed by atoms with E-state index in [1.165, 1.54) is 0 Å². The lowest BCUT2D eigenvalue weighted by Crippen LogP contribution is -2.20. The van der Waals surface area contributed by atoms with Gasteiger partial charge in [-0.15, -0.1) is 0 Å².